The van der Waals surface area contributed by atoms with Gasteiger partial charge in [0.05, 0.1) is 23.2 Å². The summed E-state index contributed by atoms with van der Waals surface area (Å²) in [5.41, 5.74) is -0.188. The number of benzene rings is 1. The van der Waals surface area contributed by atoms with Crippen molar-refractivity contribution in [2.75, 3.05) is 34.0 Å². The van der Waals surface area contributed by atoms with Crippen molar-refractivity contribution >= 4 is 23.5 Å². The third kappa shape index (κ3) is 4.03. The van der Waals surface area contributed by atoms with E-state index < -0.39 is 17.4 Å². The standard InChI is InChI=1S/C21H26ClNO6/c1-13-17(19(24)25)21(9-11-28-3,15-7-5-6-8-16(15)22)18(20(26)27)14(2)23(13)10-12-29-4/h5-8H,9-12H2,1-4H3,(H,24,25)(H,26,27). The lowest BCUT2D eigenvalue weighted by atomic mass is 9.63. The van der Waals surface area contributed by atoms with E-state index in [2.05, 4.69) is 0 Å². The van der Waals surface area contributed by atoms with Gasteiger partial charge in [-0.05, 0) is 31.9 Å². The Labute approximate surface area is 175 Å². The van der Waals surface area contributed by atoms with E-state index in [1.54, 1.807) is 43.0 Å². The minimum absolute atomic E-state index is 0.0262. The van der Waals surface area contributed by atoms with Crippen LogP contribution in [0.4, 0.5) is 0 Å². The predicted molar refractivity (Wildman–Crippen MR) is 109 cm³/mol. The fourth-order valence-electron chi connectivity index (χ4n) is 4.17. The summed E-state index contributed by atoms with van der Waals surface area (Å²) in [6.45, 7) is 4.15. The maximum absolute atomic E-state index is 12.5. The minimum atomic E-state index is -1.47. The number of nitrogens with zero attached hydrogens (tertiary/aromatic N) is 1. The summed E-state index contributed by atoms with van der Waals surface area (Å²) < 4.78 is 10.4. The van der Waals surface area contributed by atoms with E-state index in [-0.39, 0.29) is 24.2 Å². The molecule has 2 N–H and O–H groups in total. The van der Waals surface area contributed by atoms with Crippen molar-refractivity contribution in [1.29, 1.82) is 0 Å². The summed E-state index contributed by atoms with van der Waals surface area (Å²) in [5, 5.41) is 20.7. The molecule has 1 heterocycles. The molecule has 29 heavy (non-hydrogen) atoms. The van der Waals surface area contributed by atoms with Gasteiger partial charge in [0.25, 0.3) is 0 Å². The quantitative estimate of drug-likeness (QED) is 0.629. The zero-order valence-electron chi connectivity index (χ0n) is 17.0. The van der Waals surface area contributed by atoms with Crippen molar-refractivity contribution in [2.45, 2.75) is 25.7 Å². The van der Waals surface area contributed by atoms with Crippen molar-refractivity contribution in [3.8, 4) is 0 Å². The molecule has 1 aliphatic heterocycles. The summed E-state index contributed by atoms with van der Waals surface area (Å²) >= 11 is 6.48. The van der Waals surface area contributed by atoms with E-state index >= 15 is 0 Å². The molecule has 1 aromatic rings. The van der Waals surface area contributed by atoms with Crippen LogP contribution in [0.25, 0.3) is 0 Å². The molecular weight excluding hydrogens is 398 g/mol. The Balaban J connectivity index is 2.96. The Morgan fingerprint density at radius 2 is 1.52 bits per heavy atom. The number of hydrogen-bond acceptors (Lipinski definition) is 5. The molecule has 0 amide bonds. The number of carbonyl (C=O) groups is 2. The lowest BCUT2D eigenvalue weighted by Gasteiger charge is -2.45. The highest BCUT2D eigenvalue weighted by Gasteiger charge is 2.52. The van der Waals surface area contributed by atoms with Crippen LogP contribution in [0.3, 0.4) is 0 Å². The molecular formula is C21H26ClNO6. The van der Waals surface area contributed by atoms with Crippen LogP contribution in [0.1, 0.15) is 25.8 Å². The zero-order valence-corrected chi connectivity index (χ0v) is 17.7. The molecule has 0 radical (unpaired) electrons. The Morgan fingerprint density at radius 3 is 1.97 bits per heavy atom. The first kappa shape index (κ1) is 22.9. The van der Waals surface area contributed by atoms with Gasteiger partial charge in [0.2, 0.25) is 0 Å². The van der Waals surface area contributed by atoms with E-state index in [1.165, 1.54) is 14.2 Å². The van der Waals surface area contributed by atoms with Crippen molar-refractivity contribution < 1.29 is 29.3 Å². The molecule has 0 atom stereocenters. The van der Waals surface area contributed by atoms with Gasteiger partial charge in [-0.2, -0.15) is 0 Å². The summed E-state index contributed by atoms with van der Waals surface area (Å²) in [6, 6.07) is 6.75. The van der Waals surface area contributed by atoms with Crippen molar-refractivity contribution in [2.24, 2.45) is 0 Å². The van der Waals surface area contributed by atoms with Gasteiger partial charge >= 0.3 is 11.9 Å². The largest absolute Gasteiger partial charge is 0.478 e. The van der Waals surface area contributed by atoms with Gasteiger partial charge in [0.1, 0.15) is 0 Å². The normalized spacial score (nSPS) is 16.4. The second-order valence-electron chi connectivity index (χ2n) is 6.80. The summed E-state index contributed by atoms with van der Waals surface area (Å²) in [4.78, 5) is 26.7. The molecule has 0 bridgehead atoms. The first-order chi connectivity index (χ1) is 13.7. The number of methoxy groups -OCH3 is 2. The van der Waals surface area contributed by atoms with E-state index in [1.807, 2.05) is 0 Å². The van der Waals surface area contributed by atoms with E-state index in [9.17, 15) is 19.8 Å². The van der Waals surface area contributed by atoms with Gasteiger partial charge in [0, 0.05) is 43.8 Å². The molecule has 158 valence electrons. The van der Waals surface area contributed by atoms with Crippen LogP contribution in [-0.4, -0.2) is 61.0 Å². The molecule has 0 spiro atoms. The lowest BCUT2D eigenvalue weighted by Crippen LogP contribution is -2.47. The van der Waals surface area contributed by atoms with Crippen molar-refractivity contribution in [3.05, 3.63) is 57.4 Å². The predicted octanol–water partition coefficient (Wildman–Crippen LogP) is 3.29. The van der Waals surface area contributed by atoms with Crippen LogP contribution in [0.15, 0.2) is 46.8 Å². The van der Waals surface area contributed by atoms with Crippen molar-refractivity contribution in [1.82, 2.24) is 4.90 Å². The number of carboxylic acids is 2. The smallest absolute Gasteiger partial charge is 0.334 e. The third-order valence-corrected chi connectivity index (χ3v) is 5.68. The Bertz CT molecular complexity index is 822. The van der Waals surface area contributed by atoms with Crippen LogP contribution in [-0.2, 0) is 24.5 Å². The molecule has 2 rings (SSSR count). The Kier molecular flexibility index (Phi) is 7.46. The van der Waals surface area contributed by atoms with Crippen LogP contribution >= 0.6 is 11.6 Å². The average Bonchev–Trinajstić information content (AvgIpc) is 2.65. The molecule has 7 nitrogen and oxygen atoms in total. The topological polar surface area (TPSA) is 96.3 Å². The van der Waals surface area contributed by atoms with E-state index in [0.717, 1.165) is 0 Å². The van der Waals surface area contributed by atoms with Gasteiger partial charge < -0.3 is 24.6 Å². The first-order valence-electron chi connectivity index (χ1n) is 9.13. The molecule has 0 saturated carbocycles. The third-order valence-electron chi connectivity index (χ3n) is 5.35. The molecule has 0 aromatic heterocycles. The second kappa shape index (κ2) is 9.43. The zero-order chi connectivity index (χ0) is 21.8. The number of rotatable bonds is 9. The second-order valence-corrected chi connectivity index (χ2v) is 7.21. The van der Waals surface area contributed by atoms with Crippen LogP contribution in [0.2, 0.25) is 5.02 Å². The highest BCUT2D eigenvalue weighted by molar-refractivity contribution is 6.31. The van der Waals surface area contributed by atoms with Gasteiger partial charge in [0.15, 0.2) is 0 Å². The van der Waals surface area contributed by atoms with Gasteiger partial charge in [-0.1, -0.05) is 29.8 Å². The maximum atomic E-state index is 12.5. The molecule has 1 aliphatic rings. The molecule has 8 heteroatoms. The number of aliphatic carboxylic acids is 2. The number of allylic oxidation sites excluding steroid dienone is 2. The summed E-state index contributed by atoms with van der Waals surface area (Å²) in [7, 11) is 3.02. The fraction of sp³-hybridized carbons (Fsp3) is 0.429. The average molecular weight is 424 g/mol. The highest BCUT2D eigenvalue weighted by Crippen LogP contribution is 2.51. The number of halogens is 1. The van der Waals surface area contributed by atoms with Crippen molar-refractivity contribution in [3.63, 3.8) is 0 Å². The fourth-order valence-corrected chi connectivity index (χ4v) is 4.47. The SMILES string of the molecule is COCCN1C(C)=C(C(=O)O)C(CCOC)(c2ccccc2Cl)C(C(=O)O)=C1C. The first-order valence-corrected chi connectivity index (χ1v) is 9.51. The Morgan fingerprint density at radius 1 is 1.00 bits per heavy atom. The lowest BCUT2D eigenvalue weighted by molar-refractivity contribution is -0.134. The minimum Gasteiger partial charge on any atom is -0.478 e. The number of hydrogen-bond donors (Lipinski definition) is 2. The highest BCUT2D eigenvalue weighted by atomic mass is 35.5. The monoisotopic (exact) mass is 423 g/mol. The molecule has 0 unspecified atom stereocenters. The van der Waals surface area contributed by atoms with Gasteiger partial charge in [-0.15, -0.1) is 0 Å². The van der Waals surface area contributed by atoms with Crippen LogP contribution < -0.4 is 0 Å². The molecule has 1 aromatic carbocycles. The van der Waals surface area contributed by atoms with Crippen LogP contribution in [0, 0.1) is 0 Å². The van der Waals surface area contributed by atoms with E-state index in [0.29, 0.717) is 35.1 Å². The number of carboxylic acid groups (broad SMARTS) is 2. The molecule has 0 fully saturated rings. The summed E-state index contributed by atoms with van der Waals surface area (Å²) in [5.74, 6) is -2.40. The number of ether oxygens (including phenoxy) is 2. The molecule has 0 aliphatic carbocycles. The van der Waals surface area contributed by atoms with E-state index in [4.69, 9.17) is 21.1 Å². The van der Waals surface area contributed by atoms with Gasteiger partial charge in [-0.3, -0.25) is 0 Å². The molecule has 0 saturated heterocycles. The summed E-state index contributed by atoms with van der Waals surface area (Å²) in [6.07, 6.45) is 0.114. The maximum Gasteiger partial charge on any atom is 0.334 e. The van der Waals surface area contributed by atoms with Gasteiger partial charge in [-0.25, -0.2) is 9.59 Å². The Hall–Kier alpha value is -2.35. The van der Waals surface area contributed by atoms with Crippen LogP contribution in [0.5, 0.6) is 0 Å².